The van der Waals surface area contributed by atoms with Crippen molar-refractivity contribution in [2.24, 2.45) is 0 Å². The first-order chi connectivity index (χ1) is 11.8. The Labute approximate surface area is 143 Å². The van der Waals surface area contributed by atoms with Crippen LogP contribution in [0.4, 0.5) is 11.4 Å². The summed E-state index contributed by atoms with van der Waals surface area (Å²) in [7, 11) is 1.39. The summed E-state index contributed by atoms with van der Waals surface area (Å²) in [5, 5.41) is 5.86. The number of rotatable bonds is 3. The van der Waals surface area contributed by atoms with E-state index in [4.69, 9.17) is 4.74 Å². The number of fused-ring (bicyclic) bond motifs is 3. The third-order valence-corrected chi connectivity index (χ3v) is 5.12. The molecule has 0 bridgehead atoms. The molecule has 0 radical (unpaired) electrons. The molecule has 1 heterocycles. The Morgan fingerprint density at radius 3 is 2.54 bits per heavy atom. The van der Waals surface area contributed by atoms with E-state index in [1.54, 1.807) is 17.4 Å². The molecule has 4 rings (SSSR count). The maximum absolute atomic E-state index is 11.9. The number of hydrogen-bond acceptors (Lipinski definition) is 4. The van der Waals surface area contributed by atoms with Gasteiger partial charge in [0.2, 0.25) is 0 Å². The topological polar surface area (TPSA) is 38.3 Å². The second kappa shape index (κ2) is 5.98. The molecule has 118 valence electrons. The minimum atomic E-state index is -0.346. The SMILES string of the molecule is COC(=O)c1ccccc1Nc1ccc2c(c1)sc1ccccc12. The fourth-order valence-electron chi connectivity index (χ4n) is 2.84. The summed E-state index contributed by atoms with van der Waals surface area (Å²) in [5.41, 5.74) is 2.21. The quantitative estimate of drug-likeness (QED) is 0.497. The van der Waals surface area contributed by atoms with Gasteiger partial charge in [0.1, 0.15) is 0 Å². The van der Waals surface area contributed by atoms with Crippen LogP contribution in [0.25, 0.3) is 20.2 Å². The Hall–Kier alpha value is -2.85. The highest BCUT2D eigenvalue weighted by molar-refractivity contribution is 7.25. The minimum absolute atomic E-state index is 0.346. The second-order valence-electron chi connectivity index (χ2n) is 5.47. The first-order valence-electron chi connectivity index (χ1n) is 7.62. The predicted octanol–water partition coefficient (Wildman–Crippen LogP) is 5.58. The zero-order valence-corrected chi connectivity index (χ0v) is 13.9. The van der Waals surface area contributed by atoms with E-state index in [0.717, 1.165) is 11.4 Å². The van der Waals surface area contributed by atoms with Crippen molar-refractivity contribution < 1.29 is 9.53 Å². The Balaban J connectivity index is 1.76. The molecule has 4 heteroatoms. The standard InChI is InChI=1S/C20H15NO2S/c1-23-20(22)16-7-2-4-8-17(16)21-13-10-11-15-14-6-3-5-9-18(14)24-19(15)12-13/h2-12,21H,1H3. The summed E-state index contributed by atoms with van der Waals surface area (Å²) >= 11 is 1.77. The van der Waals surface area contributed by atoms with Gasteiger partial charge < -0.3 is 10.1 Å². The van der Waals surface area contributed by atoms with Crippen LogP contribution in [0.2, 0.25) is 0 Å². The van der Waals surface area contributed by atoms with Crippen LogP contribution in [0.3, 0.4) is 0 Å². The van der Waals surface area contributed by atoms with E-state index in [0.29, 0.717) is 5.56 Å². The number of hydrogen-bond donors (Lipinski definition) is 1. The second-order valence-corrected chi connectivity index (χ2v) is 6.56. The molecular formula is C20H15NO2S. The molecule has 0 unspecified atom stereocenters. The molecule has 1 N–H and O–H groups in total. The van der Waals surface area contributed by atoms with Gasteiger partial charge in [-0.05, 0) is 30.3 Å². The van der Waals surface area contributed by atoms with E-state index in [1.807, 2.05) is 24.3 Å². The number of benzene rings is 3. The zero-order valence-electron chi connectivity index (χ0n) is 13.1. The lowest BCUT2D eigenvalue weighted by Gasteiger charge is -2.10. The van der Waals surface area contributed by atoms with Gasteiger partial charge in [-0.2, -0.15) is 0 Å². The van der Waals surface area contributed by atoms with Crippen molar-refractivity contribution in [3.63, 3.8) is 0 Å². The van der Waals surface area contributed by atoms with Gasteiger partial charge in [0.25, 0.3) is 0 Å². The van der Waals surface area contributed by atoms with E-state index >= 15 is 0 Å². The van der Waals surface area contributed by atoms with Gasteiger partial charge in [0, 0.05) is 25.9 Å². The van der Waals surface area contributed by atoms with E-state index in [1.165, 1.54) is 27.3 Å². The Morgan fingerprint density at radius 2 is 1.67 bits per heavy atom. The molecule has 3 nitrogen and oxygen atoms in total. The normalized spacial score (nSPS) is 10.9. The van der Waals surface area contributed by atoms with Crippen LogP contribution in [0.15, 0.2) is 66.7 Å². The third kappa shape index (κ3) is 2.51. The summed E-state index contributed by atoms with van der Waals surface area (Å²) < 4.78 is 7.34. The fraction of sp³-hybridized carbons (Fsp3) is 0.0500. The van der Waals surface area contributed by atoms with Crippen LogP contribution < -0.4 is 5.32 Å². The average molecular weight is 333 g/mol. The number of thiophene rings is 1. The van der Waals surface area contributed by atoms with Crippen molar-refractivity contribution in [2.75, 3.05) is 12.4 Å². The summed E-state index contributed by atoms with van der Waals surface area (Å²) in [6.07, 6.45) is 0. The lowest BCUT2D eigenvalue weighted by molar-refractivity contribution is 0.0602. The molecule has 0 saturated carbocycles. The summed E-state index contributed by atoms with van der Waals surface area (Å²) in [6.45, 7) is 0. The maximum Gasteiger partial charge on any atom is 0.339 e. The van der Waals surface area contributed by atoms with Crippen molar-refractivity contribution in [3.05, 3.63) is 72.3 Å². The molecule has 0 atom stereocenters. The molecular weight excluding hydrogens is 318 g/mol. The number of para-hydroxylation sites is 1. The summed E-state index contributed by atoms with van der Waals surface area (Å²) in [5.74, 6) is -0.346. The zero-order chi connectivity index (χ0) is 16.5. The predicted molar refractivity (Wildman–Crippen MR) is 100 cm³/mol. The van der Waals surface area contributed by atoms with E-state index < -0.39 is 0 Å². The highest BCUT2D eigenvalue weighted by atomic mass is 32.1. The van der Waals surface area contributed by atoms with Gasteiger partial charge in [-0.15, -0.1) is 11.3 Å². The molecule has 0 aliphatic rings. The molecule has 0 amide bonds. The van der Waals surface area contributed by atoms with Crippen LogP contribution in [-0.2, 0) is 4.74 Å². The van der Waals surface area contributed by atoms with Crippen LogP contribution in [-0.4, -0.2) is 13.1 Å². The summed E-state index contributed by atoms with van der Waals surface area (Å²) in [4.78, 5) is 11.9. The number of ether oxygens (including phenoxy) is 1. The molecule has 1 aromatic heterocycles. The average Bonchev–Trinajstić information content (AvgIpc) is 2.99. The smallest absolute Gasteiger partial charge is 0.339 e. The number of methoxy groups -OCH3 is 1. The molecule has 0 aliphatic carbocycles. The molecule has 0 spiro atoms. The molecule has 0 aliphatic heterocycles. The lowest BCUT2D eigenvalue weighted by Crippen LogP contribution is -2.05. The van der Waals surface area contributed by atoms with Gasteiger partial charge >= 0.3 is 5.97 Å². The van der Waals surface area contributed by atoms with Crippen molar-refractivity contribution >= 4 is 48.9 Å². The Kier molecular flexibility index (Phi) is 3.67. The monoisotopic (exact) mass is 333 g/mol. The Morgan fingerprint density at radius 1 is 0.917 bits per heavy atom. The first kappa shape index (κ1) is 14.7. The highest BCUT2D eigenvalue weighted by Gasteiger charge is 2.11. The number of esters is 1. The summed E-state index contributed by atoms with van der Waals surface area (Å²) in [6, 6.07) is 22.0. The van der Waals surface area contributed by atoms with Gasteiger partial charge in [-0.1, -0.05) is 36.4 Å². The number of anilines is 2. The van der Waals surface area contributed by atoms with Crippen molar-refractivity contribution in [2.45, 2.75) is 0 Å². The fourth-order valence-corrected chi connectivity index (χ4v) is 3.98. The first-order valence-corrected chi connectivity index (χ1v) is 8.43. The van der Waals surface area contributed by atoms with Gasteiger partial charge in [-0.3, -0.25) is 0 Å². The largest absolute Gasteiger partial charge is 0.465 e. The van der Waals surface area contributed by atoms with E-state index in [-0.39, 0.29) is 5.97 Å². The number of carbonyl (C=O) groups excluding carboxylic acids is 1. The third-order valence-electron chi connectivity index (χ3n) is 3.99. The molecule has 0 fully saturated rings. The van der Waals surface area contributed by atoms with E-state index in [9.17, 15) is 4.79 Å². The highest BCUT2D eigenvalue weighted by Crippen LogP contribution is 2.35. The lowest BCUT2D eigenvalue weighted by atomic mass is 10.1. The maximum atomic E-state index is 11.9. The number of carbonyl (C=O) groups is 1. The van der Waals surface area contributed by atoms with Crippen LogP contribution in [0, 0.1) is 0 Å². The van der Waals surface area contributed by atoms with Gasteiger partial charge in [-0.25, -0.2) is 4.79 Å². The van der Waals surface area contributed by atoms with Crippen LogP contribution >= 0.6 is 11.3 Å². The van der Waals surface area contributed by atoms with Crippen molar-refractivity contribution in [1.29, 1.82) is 0 Å². The van der Waals surface area contributed by atoms with Crippen molar-refractivity contribution in [1.82, 2.24) is 0 Å². The molecule has 24 heavy (non-hydrogen) atoms. The van der Waals surface area contributed by atoms with Gasteiger partial charge in [0.05, 0.1) is 18.4 Å². The van der Waals surface area contributed by atoms with Gasteiger partial charge in [0.15, 0.2) is 0 Å². The Bertz CT molecular complexity index is 1050. The number of nitrogens with one attached hydrogen (secondary N) is 1. The van der Waals surface area contributed by atoms with E-state index in [2.05, 4.69) is 41.7 Å². The molecule has 3 aromatic carbocycles. The van der Waals surface area contributed by atoms with Crippen molar-refractivity contribution in [3.8, 4) is 0 Å². The van der Waals surface area contributed by atoms with Crippen LogP contribution in [0.5, 0.6) is 0 Å². The van der Waals surface area contributed by atoms with Crippen LogP contribution in [0.1, 0.15) is 10.4 Å². The minimum Gasteiger partial charge on any atom is -0.465 e. The molecule has 0 saturated heterocycles. The molecule has 4 aromatic rings.